The van der Waals surface area contributed by atoms with Crippen molar-refractivity contribution < 1.29 is 19.5 Å². The lowest BCUT2D eigenvalue weighted by Crippen LogP contribution is -2.49. The fraction of sp³-hybridized carbons (Fsp3) is 0.250. The van der Waals surface area contributed by atoms with Crippen molar-refractivity contribution >= 4 is 62.9 Å². The summed E-state index contributed by atoms with van der Waals surface area (Å²) in [6, 6.07) is 12.2. The molecule has 0 saturated carbocycles. The third-order valence-corrected chi connectivity index (χ3v) is 5.73. The van der Waals surface area contributed by atoms with Gasteiger partial charge in [-0.25, -0.2) is 0 Å². The highest BCUT2D eigenvalue weighted by Crippen LogP contribution is 2.27. The van der Waals surface area contributed by atoms with Crippen LogP contribution in [0.15, 0.2) is 42.5 Å². The van der Waals surface area contributed by atoms with E-state index in [1.807, 2.05) is 75.5 Å². The van der Waals surface area contributed by atoms with Crippen molar-refractivity contribution in [2.24, 2.45) is 5.73 Å². The second kappa shape index (κ2) is 11.3. The van der Waals surface area contributed by atoms with Gasteiger partial charge in [-0.2, -0.15) is 0 Å². The second-order valence-corrected chi connectivity index (χ2v) is 8.73. The van der Waals surface area contributed by atoms with Crippen LogP contribution in [-0.4, -0.2) is 35.4 Å². The highest BCUT2D eigenvalue weighted by atomic mass is 127. The van der Waals surface area contributed by atoms with E-state index in [1.54, 1.807) is 12.1 Å². The van der Waals surface area contributed by atoms with Crippen LogP contribution in [-0.2, 0) is 27.2 Å². The zero-order chi connectivity index (χ0) is 21.4. The predicted molar refractivity (Wildman–Crippen MR) is 126 cm³/mol. The van der Waals surface area contributed by atoms with Crippen molar-refractivity contribution in [2.75, 3.05) is 6.54 Å². The molecular formula is C20H21I2N3O4. The van der Waals surface area contributed by atoms with Gasteiger partial charge in [-0.1, -0.05) is 30.3 Å². The van der Waals surface area contributed by atoms with Gasteiger partial charge in [-0.05, 0) is 74.9 Å². The molecule has 2 rings (SSSR count). The van der Waals surface area contributed by atoms with E-state index in [1.165, 1.54) is 0 Å². The van der Waals surface area contributed by atoms with Crippen LogP contribution in [0, 0.1) is 7.14 Å². The molecule has 2 aromatic rings. The van der Waals surface area contributed by atoms with Gasteiger partial charge in [0.2, 0.25) is 17.7 Å². The summed E-state index contributed by atoms with van der Waals surface area (Å²) < 4.78 is 1.30. The minimum absolute atomic E-state index is 0.177. The molecule has 0 unspecified atom stereocenters. The number of carbonyl (C=O) groups is 3. The minimum Gasteiger partial charge on any atom is -0.506 e. The van der Waals surface area contributed by atoms with Crippen LogP contribution in [0.5, 0.6) is 5.75 Å². The van der Waals surface area contributed by atoms with E-state index in [0.717, 1.165) is 11.1 Å². The van der Waals surface area contributed by atoms with Crippen molar-refractivity contribution in [3.63, 3.8) is 0 Å². The molecule has 9 heteroatoms. The third-order valence-electron chi connectivity index (χ3n) is 4.09. The Morgan fingerprint density at radius 3 is 2.24 bits per heavy atom. The van der Waals surface area contributed by atoms with Gasteiger partial charge in [0.15, 0.2) is 0 Å². The van der Waals surface area contributed by atoms with Gasteiger partial charge < -0.3 is 21.5 Å². The van der Waals surface area contributed by atoms with Gasteiger partial charge in [0.25, 0.3) is 0 Å². The Hall–Kier alpha value is -1.89. The van der Waals surface area contributed by atoms with E-state index in [0.29, 0.717) is 13.6 Å². The number of amides is 3. The van der Waals surface area contributed by atoms with Crippen LogP contribution in [0.4, 0.5) is 0 Å². The molecule has 0 spiro atoms. The molecule has 2 aromatic carbocycles. The van der Waals surface area contributed by atoms with Crippen molar-refractivity contribution in [3.05, 3.63) is 60.7 Å². The van der Waals surface area contributed by atoms with Crippen LogP contribution in [0.2, 0.25) is 0 Å². The van der Waals surface area contributed by atoms with E-state index < -0.39 is 17.9 Å². The maximum Gasteiger partial charge on any atom is 0.243 e. The normalized spacial score (nSPS) is 11.5. The van der Waals surface area contributed by atoms with Crippen molar-refractivity contribution in [1.29, 1.82) is 0 Å². The van der Waals surface area contributed by atoms with E-state index in [9.17, 15) is 19.5 Å². The van der Waals surface area contributed by atoms with Crippen molar-refractivity contribution in [1.82, 2.24) is 10.6 Å². The number of rotatable bonds is 9. The van der Waals surface area contributed by atoms with Gasteiger partial charge in [-0.3, -0.25) is 14.4 Å². The van der Waals surface area contributed by atoms with E-state index >= 15 is 0 Å². The zero-order valence-corrected chi connectivity index (χ0v) is 19.8. The summed E-state index contributed by atoms with van der Waals surface area (Å²) in [5.74, 6) is -1.25. The summed E-state index contributed by atoms with van der Waals surface area (Å²) >= 11 is 4.01. The Labute approximate surface area is 196 Å². The van der Waals surface area contributed by atoms with Gasteiger partial charge in [0.05, 0.1) is 13.7 Å². The molecule has 154 valence electrons. The number of primary amides is 1. The quantitative estimate of drug-likeness (QED) is 0.320. The van der Waals surface area contributed by atoms with Gasteiger partial charge in [0.1, 0.15) is 11.8 Å². The lowest BCUT2D eigenvalue weighted by atomic mass is 10.0. The van der Waals surface area contributed by atoms with Gasteiger partial charge in [0, 0.05) is 12.8 Å². The van der Waals surface area contributed by atoms with Crippen LogP contribution >= 0.6 is 45.2 Å². The van der Waals surface area contributed by atoms with Crippen molar-refractivity contribution in [3.8, 4) is 5.75 Å². The molecule has 7 nitrogen and oxygen atoms in total. The molecule has 0 aliphatic heterocycles. The molecule has 0 aliphatic rings. The summed E-state index contributed by atoms with van der Waals surface area (Å²) in [5, 5.41) is 15.1. The second-order valence-electron chi connectivity index (χ2n) is 6.40. The smallest absolute Gasteiger partial charge is 0.243 e. The first-order chi connectivity index (χ1) is 13.8. The first kappa shape index (κ1) is 23.4. The number of aromatic hydroxyl groups is 1. The SMILES string of the molecule is NC(=O)CNC(=O)[C@H](Cc1cc(I)c(O)c(I)c1)NC(=O)CCc1ccccc1. The summed E-state index contributed by atoms with van der Waals surface area (Å²) in [6.45, 7) is -0.306. The third kappa shape index (κ3) is 7.80. The molecular weight excluding hydrogens is 600 g/mol. The topological polar surface area (TPSA) is 122 Å². The number of phenolic OH excluding ortho intramolecular Hbond substituents is 1. The molecule has 0 radical (unpaired) electrons. The number of aryl methyl sites for hydroxylation is 1. The van der Waals surface area contributed by atoms with Crippen molar-refractivity contribution in [2.45, 2.75) is 25.3 Å². The molecule has 0 aliphatic carbocycles. The number of nitrogens with two attached hydrogens (primary N) is 1. The van der Waals surface area contributed by atoms with Crippen LogP contribution in [0.3, 0.4) is 0 Å². The van der Waals surface area contributed by atoms with E-state index in [4.69, 9.17) is 5.73 Å². The number of phenols is 1. The molecule has 29 heavy (non-hydrogen) atoms. The molecule has 0 fully saturated rings. The molecule has 0 saturated heterocycles. The maximum absolute atomic E-state index is 12.5. The summed E-state index contributed by atoms with van der Waals surface area (Å²) in [5.41, 5.74) is 6.90. The minimum atomic E-state index is -0.867. The number of hydrogen-bond acceptors (Lipinski definition) is 4. The van der Waals surface area contributed by atoms with Crippen LogP contribution < -0.4 is 16.4 Å². The average molecular weight is 621 g/mol. The Kier molecular flexibility index (Phi) is 9.14. The molecule has 0 aromatic heterocycles. The lowest BCUT2D eigenvalue weighted by Gasteiger charge is -2.19. The van der Waals surface area contributed by atoms with Gasteiger partial charge >= 0.3 is 0 Å². The Balaban J connectivity index is 2.08. The highest BCUT2D eigenvalue weighted by Gasteiger charge is 2.22. The fourth-order valence-corrected chi connectivity index (χ4v) is 4.54. The zero-order valence-electron chi connectivity index (χ0n) is 15.5. The molecule has 3 amide bonds. The molecule has 5 N–H and O–H groups in total. The summed E-state index contributed by atoms with van der Waals surface area (Å²) in [4.78, 5) is 35.9. The number of nitrogens with one attached hydrogen (secondary N) is 2. The van der Waals surface area contributed by atoms with E-state index in [2.05, 4.69) is 10.6 Å². The Bertz CT molecular complexity index is 868. The fourth-order valence-electron chi connectivity index (χ4n) is 2.65. The monoisotopic (exact) mass is 621 g/mol. The standard InChI is InChI=1S/C20H21I2N3O4/c21-14-8-13(9-15(22)19(14)28)10-16(20(29)24-11-17(23)26)25-18(27)7-6-12-4-2-1-3-5-12/h1-5,8-9,16,28H,6-7,10-11H2,(H2,23,26)(H,24,29)(H,25,27)/t16-/m0/s1. The summed E-state index contributed by atoms with van der Waals surface area (Å²) in [7, 11) is 0. The first-order valence-corrected chi connectivity index (χ1v) is 11.0. The Morgan fingerprint density at radius 2 is 1.66 bits per heavy atom. The molecule has 0 heterocycles. The average Bonchev–Trinajstić information content (AvgIpc) is 2.68. The highest BCUT2D eigenvalue weighted by molar-refractivity contribution is 14.1. The van der Waals surface area contributed by atoms with E-state index in [-0.39, 0.29) is 31.0 Å². The van der Waals surface area contributed by atoms with Crippen LogP contribution in [0.1, 0.15) is 17.5 Å². The number of benzene rings is 2. The maximum atomic E-state index is 12.5. The summed E-state index contributed by atoms with van der Waals surface area (Å²) in [6.07, 6.45) is 1.000. The predicted octanol–water partition coefficient (Wildman–Crippen LogP) is 1.86. The first-order valence-electron chi connectivity index (χ1n) is 8.82. The lowest BCUT2D eigenvalue weighted by molar-refractivity contribution is -0.129. The molecule has 1 atom stereocenters. The number of hydrogen-bond donors (Lipinski definition) is 4. The largest absolute Gasteiger partial charge is 0.506 e. The van der Waals surface area contributed by atoms with Crippen LogP contribution in [0.25, 0.3) is 0 Å². The number of carbonyl (C=O) groups excluding carboxylic acids is 3. The number of halogens is 2. The molecule has 0 bridgehead atoms. The van der Waals surface area contributed by atoms with Gasteiger partial charge in [-0.15, -0.1) is 0 Å². The Morgan fingerprint density at radius 1 is 1.03 bits per heavy atom.